The molecule has 11 aromatic rings. The fraction of sp³-hybridized carbons (Fsp3) is 0.0909. The second-order valence-electron chi connectivity index (χ2n) is 19.5. The summed E-state index contributed by atoms with van der Waals surface area (Å²) in [5.74, 6) is 0.111. The predicted octanol–water partition coefficient (Wildman–Crippen LogP) is 16.5. The summed E-state index contributed by atoms with van der Waals surface area (Å²) < 4.78 is 2.53. The van der Waals surface area contributed by atoms with E-state index < -0.39 is 5.41 Å². The number of hydrogen-bond donors (Lipinski definition) is 0. The minimum absolute atomic E-state index is 0.0941. The van der Waals surface area contributed by atoms with E-state index in [2.05, 4.69) is 249 Å². The van der Waals surface area contributed by atoms with Gasteiger partial charge >= 0.3 is 0 Å². The van der Waals surface area contributed by atoms with E-state index in [1.807, 2.05) is 0 Å². The molecule has 1 nitrogen and oxygen atoms in total. The molecule has 2 aliphatic carbocycles. The molecular weight excluding hydrogens is 807 g/mol. The van der Waals surface area contributed by atoms with Crippen LogP contribution < -0.4 is 0 Å². The van der Waals surface area contributed by atoms with Gasteiger partial charge in [0.1, 0.15) is 0 Å². The second-order valence-corrected chi connectivity index (χ2v) is 19.5. The third-order valence-corrected chi connectivity index (χ3v) is 15.9. The van der Waals surface area contributed by atoms with Gasteiger partial charge in [-0.1, -0.05) is 226 Å². The van der Waals surface area contributed by atoms with E-state index in [0.29, 0.717) is 0 Å². The van der Waals surface area contributed by atoms with Crippen molar-refractivity contribution >= 4 is 21.8 Å². The van der Waals surface area contributed by atoms with Crippen LogP contribution >= 0.6 is 0 Å². The third kappa shape index (κ3) is 5.31. The van der Waals surface area contributed by atoms with E-state index in [-0.39, 0.29) is 11.3 Å². The van der Waals surface area contributed by atoms with E-state index in [4.69, 9.17) is 0 Å². The van der Waals surface area contributed by atoms with E-state index in [1.54, 1.807) is 0 Å². The number of rotatable bonds is 6. The molecule has 1 aromatic heterocycles. The van der Waals surface area contributed by atoms with Crippen molar-refractivity contribution < 1.29 is 0 Å². The minimum Gasteiger partial charge on any atom is -0.309 e. The summed E-state index contributed by atoms with van der Waals surface area (Å²) in [4.78, 5) is 0. The first-order valence-corrected chi connectivity index (χ1v) is 23.8. The van der Waals surface area contributed by atoms with Gasteiger partial charge in [-0.05, 0) is 119 Å². The Bertz CT molecular complexity index is 3810. The maximum Gasteiger partial charge on any atom is 0.0754 e. The number of nitrogens with zero attached hydrogens (tertiary/aromatic N) is 1. The van der Waals surface area contributed by atoms with Gasteiger partial charge in [0.15, 0.2) is 0 Å². The largest absolute Gasteiger partial charge is 0.309 e. The average molecular weight is 854 g/mol. The van der Waals surface area contributed by atoms with Crippen LogP contribution in [0.25, 0.3) is 72.0 Å². The van der Waals surface area contributed by atoms with Crippen LogP contribution in [-0.2, 0) is 17.3 Å². The summed E-state index contributed by atoms with van der Waals surface area (Å²) >= 11 is 0. The molecule has 14 rings (SSSR count). The zero-order valence-corrected chi connectivity index (χ0v) is 37.7. The Balaban J connectivity index is 0.956. The quantitative estimate of drug-likeness (QED) is 0.157. The lowest BCUT2D eigenvalue weighted by Crippen LogP contribution is -2.33. The summed E-state index contributed by atoms with van der Waals surface area (Å²) in [5, 5.41) is 2.60. The Morgan fingerprint density at radius 1 is 0.388 bits per heavy atom. The van der Waals surface area contributed by atoms with Crippen molar-refractivity contribution in [1.82, 2.24) is 4.57 Å². The van der Waals surface area contributed by atoms with Crippen molar-refractivity contribution in [1.29, 1.82) is 0 Å². The van der Waals surface area contributed by atoms with Crippen LogP contribution in [0, 0.1) is 0 Å². The molecule has 3 aliphatic rings. The van der Waals surface area contributed by atoms with Crippen molar-refractivity contribution in [2.24, 2.45) is 0 Å². The summed E-state index contributed by atoms with van der Waals surface area (Å²) in [7, 11) is 0. The Morgan fingerprint density at radius 3 is 1.82 bits per heavy atom. The van der Waals surface area contributed by atoms with E-state index >= 15 is 0 Å². The van der Waals surface area contributed by atoms with E-state index in [0.717, 1.165) is 6.42 Å². The molecule has 67 heavy (non-hydrogen) atoms. The maximum atomic E-state index is 2.54. The Labute approximate surface area is 392 Å². The molecule has 0 radical (unpaired) electrons. The SMILES string of the molecule is CC1(C)c2ccccc2-c2ccc(C(Cc3ccc(-c4ccccc4)cc3)c3ccccc3-c3ccc4c(c3)-c3ccccc3C43c4ccccc4-n4c5ccccc5c5cccc3c54)cc21. The third-order valence-electron chi connectivity index (χ3n) is 15.9. The summed E-state index contributed by atoms with van der Waals surface area (Å²) in [6.07, 6.45) is 0.879. The molecule has 2 unspecified atom stereocenters. The van der Waals surface area contributed by atoms with Gasteiger partial charge in [0.05, 0.1) is 22.1 Å². The van der Waals surface area contributed by atoms with Crippen LogP contribution in [-0.4, -0.2) is 4.57 Å². The molecule has 0 fully saturated rings. The first-order valence-electron chi connectivity index (χ1n) is 23.8. The van der Waals surface area contributed by atoms with Crippen molar-refractivity contribution in [2.75, 3.05) is 0 Å². The first-order chi connectivity index (χ1) is 33.0. The lowest BCUT2D eigenvalue weighted by molar-refractivity contribution is 0.657. The van der Waals surface area contributed by atoms with E-state index in [9.17, 15) is 0 Å². The van der Waals surface area contributed by atoms with Gasteiger partial charge < -0.3 is 4.57 Å². The molecule has 0 saturated carbocycles. The number of para-hydroxylation sites is 3. The Hall–Kier alpha value is -8.00. The smallest absolute Gasteiger partial charge is 0.0754 e. The van der Waals surface area contributed by atoms with Crippen molar-refractivity contribution in [3.05, 3.63) is 281 Å². The van der Waals surface area contributed by atoms with Gasteiger partial charge in [0.2, 0.25) is 0 Å². The van der Waals surface area contributed by atoms with Crippen LogP contribution in [0.5, 0.6) is 0 Å². The second kappa shape index (κ2) is 14.2. The molecule has 2 atom stereocenters. The Kier molecular flexibility index (Phi) is 8.14. The van der Waals surface area contributed by atoms with Crippen molar-refractivity contribution in [3.63, 3.8) is 0 Å². The lowest BCUT2D eigenvalue weighted by Gasteiger charge is -2.39. The highest BCUT2D eigenvalue weighted by Crippen LogP contribution is 2.61. The Morgan fingerprint density at radius 2 is 0.985 bits per heavy atom. The topological polar surface area (TPSA) is 4.93 Å². The first kappa shape index (κ1) is 38.3. The van der Waals surface area contributed by atoms with Crippen LogP contribution in [0.1, 0.15) is 69.8 Å². The molecule has 1 heteroatoms. The number of fused-ring (bicyclic) bond motifs is 15. The molecule has 0 bridgehead atoms. The summed E-state index contributed by atoms with van der Waals surface area (Å²) in [6, 6.07) is 87.3. The van der Waals surface area contributed by atoms with Crippen molar-refractivity contribution in [3.8, 4) is 50.2 Å². The van der Waals surface area contributed by atoms with Gasteiger partial charge in [-0.3, -0.25) is 0 Å². The molecule has 2 heterocycles. The minimum atomic E-state index is -0.478. The number of hydrogen-bond acceptors (Lipinski definition) is 0. The van der Waals surface area contributed by atoms with Crippen LogP contribution in [0.3, 0.4) is 0 Å². The molecular formula is C66H47N. The molecule has 0 saturated heterocycles. The fourth-order valence-corrected chi connectivity index (χ4v) is 12.8. The zero-order chi connectivity index (χ0) is 44.4. The summed E-state index contributed by atoms with van der Waals surface area (Å²) in [6.45, 7) is 4.79. The zero-order valence-electron chi connectivity index (χ0n) is 37.7. The highest BCUT2D eigenvalue weighted by Gasteiger charge is 2.51. The van der Waals surface area contributed by atoms with Gasteiger partial charge in [-0.25, -0.2) is 0 Å². The van der Waals surface area contributed by atoms with Gasteiger partial charge in [-0.2, -0.15) is 0 Å². The standard InChI is InChI=1S/C66H47N/c1-65(2)56-25-11-8-21-49(56)51-37-35-46(41-61(51)65)54(39-42-31-33-44(34-32-42)43-17-4-3-5-18-43)48-20-7-6-19-47(48)45-36-38-58-55(40-45)50-22-9-12-26-57(50)66(58)59-27-13-15-30-63(59)67-62-29-14-10-23-52(62)53-24-16-28-60(66)64(53)67/h3-38,40-41,54H,39H2,1-2H3. The molecule has 1 spiro atoms. The van der Waals surface area contributed by atoms with Crippen LogP contribution in [0.2, 0.25) is 0 Å². The molecule has 316 valence electrons. The fourth-order valence-electron chi connectivity index (χ4n) is 12.8. The van der Waals surface area contributed by atoms with E-state index in [1.165, 1.54) is 122 Å². The lowest BCUT2D eigenvalue weighted by atomic mass is 9.65. The van der Waals surface area contributed by atoms with Gasteiger partial charge in [-0.15, -0.1) is 0 Å². The van der Waals surface area contributed by atoms with Gasteiger partial charge in [0, 0.05) is 22.1 Å². The number of aromatic nitrogens is 1. The molecule has 10 aromatic carbocycles. The van der Waals surface area contributed by atoms with Gasteiger partial charge in [0.25, 0.3) is 0 Å². The maximum absolute atomic E-state index is 2.54. The normalized spacial score (nSPS) is 16.1. The average Bonchev–Trinajstić information content (AvgIpc) is 3.97. The van der Waals surface area contributed by atoms with Crippen LogP contribution in [0.15, 0.2) is 231 Å². The monoisotopic (exact) mass is 853 g/mol. The predicted molar refractivity (Wildman–Crippen MR) is 279 cm³/mol. The highest BCUT2D eigenvalue weighted by atomic mass is 15.0. The summed E-state index contributed by atoms with van der Waals surface area (Å²) in [5.41, 5.74) is 25.8. The molecule has 0 amide bonds. The molecule has 0 N–H and O–H groups in total. The van der Waals surface area contributed by atoms with Crippen LogP contribution in [0.4, 0.5) is 0 Å². The molecule has 1 aliphatic heterocycles. The highest BCUT2D eigenvalue weighted by molar-refractivity contribution is 6.13. The number of benzene rings is 10. The van der Waals surface area contributed by atoms with Crippen molar-refractivity contribution in [2.45, 2.75) is 37.0 Å².